The van der Waals surface area contributed by atoms with Crippen LogP contribution in [0.3, 0.4) is 0 Å². The molecular weight excluding hydrogens is 412 g/mol. The number of nitrogens with two attached hydrogens (primary N) is 1. The Balaban J connectivity index is 1.50. The molecule has 0 saturated carbocycles. The number of hydrogen-bond acceptors (Lipinski definition) is 5. The van der Waals surface area contributed by atoms with Crippen LogP contribution in [0.2, 0.25) is 0 Å². The number of urea groups is 1. The fraction of sp³-hybridized carbons (Fsp3) is 0.391. The molecule has 2 aromatic carbocycles. The summed E-state index contributed by atoms with van der Waals surface area (Å²) in [5.41, 5.74) is 4.69. The molecule has 2 fully saturated rings. The fourth-order valence-corrected chi connectivity index (χ4v) is 4.35. The molecule has 9 nitrogen and oxygen atoms in total. The Morgan fingerprint density at radius 1 is 1.12 bits per heavy atom. The first kappa shape index (κ1) is 21.6. The van der Waals surface area contributed by atoms with Crippen LogP contribution in [-0.2, 0) is 19.9 Å². The third kappa shape index (κ3) is 3.74. The van der Waals surface area contributed by atoms with Crippen molar-refractivity contribution in [3.8, 4) is 5.75 Å². The number of rotatable bonds is 5. The monoisotopic (exact) mass is 438 g/mol. The van der Waals surface area contributed by atoms with Gasteiger partial charge in [0.15, 0.2) is 0 Å². The molecule has 2 aromatic rings. The number of benzene rings is 2. The number of nitrogens with one attached hydrogen (secondary N) is 1. The normalized spacial score (nSPS) is 21.7. The molecule has 0 spiro atoms. The summed E-state index contributed by atoms with van der Waals surface area (Å²) in [7, 11) is 1.60. The average molecular weight is 438 g/mol. The molecule has 168 valence electrons. The molecule has 0 aromatic heterocycles. The van der Waals surface area contributed by atoms with Crippen molar-refractivity contribution in [2.24, 2.45) is 11.7 Å². The number of likely N-dealkylation sites (tertiary alicyclic amines) is 1. The maximum Gasteiger partial charge on any atom is 0.325 e. The van der Waals surface area contributed by atoms with Gasteiger partial charge in [-0.3, -0.25) is 19.3 Å². The average Bonchev–Trinajstić information content (AvgIpc) is 3.02. The standard InChI is InChI=1S/C23H26N4O5/c1-23(17-5-3-16-12-18(32-2)6-4-15(16)11-17)21(30)27(22(31)25-23)13-19(28)26-9-7-14(8-10-26)20(24)29/h3-6,11-12,14H,7-10,13H2,1-2H3,(H2,24,29)(H,25,31). The van der Waals surface area contributed by atoms with Gasteiger partial charge in [-0.15, -0.1) is 0 Å². The van der Waals surface area contributed by atoms with Crippen molar-refractivity contribution in [1.29, 1.82) is 0 Å². The zero-order valence-corrected chi connectivity index (χ0v) is 18.1. The predicted molar refractivity (Wildman–Crippen MR) is 117 cm³/mol. The van der Waals surface area contributed by atoms with E-state index in [0.29, 0.717) is 31.5 Å². The smallest absolute Gasteiger partial charge is 0.325 e. The van der Waals surface area contributed by atoms with E-state index >= 15 is 0 Å². The molecule has 32 heavy (non-hydrogen) atoms. The van der Waals surface area contributed by atoms with Gasteiger partial charge in [0, 0.05) is 19.0 Å². The van der Waals surface area contributed by atoms with Crippen molar-refractivity contribution in [2.75, 3.05) is 26.7 Å². The lowest BCUT2D eigenvalue weighted by molar-refractivity contribution is -0.140. The van der Waals surface area contributed by atoms with Gasteiger partial charge in [0.2, 0.25) is 11.8 Å². The number of hydrogen-bond donors (Lipinski definition) is 2. The Labute approximate surface area is 185 Å². The lowest BCUT2D eigenvalue weighted by atomic mass is 9.90. The van der Waals surface area contributed by atoms with Crippen LogP contribution < -0.4 is 15.8 Å². The number of ether oxygens (including phenoxy) is 1. The Hall–Kier alpha value is -3.62. The van der Waals surface area contributed by atoms with Crippen LogP contribution in [0.15, 0.2) is 36.4 Å². The summed E-state index contributed by atoms with van der Waals surface area (Å²) in [6.45, 7) is 2.05. The molecule has 2 aliphatic heterocycles. The topological polar surface area (TPSA) is 122 Å². The van der Waals surface area contributed by atoms with Crippen LogP contribution in [0.5, 0.6) is 5.75 Å². The van der Waals surface area contributed by atoms with Crippen LogP contribution in [0.1, 0.15) is 25.3 Å². The summed E-state index contributed by atoms with van der Waals surface area (Å²) >= 11 is 0. The zero-order chi connectivity index (χ0) is 23.0. The van der Waals surface area contributed by atoms with Gasteiger partial charge in [-0.1, -0.05) is 18.2 Å². The molecular formula is C23H26N4O5. The van der Waals surface area contributed by atoms with Crippen molar-refractivity contribution in [3.05, 3.63) is 42.0 Å². The third-order valence-electron chi connectivity index (χ3n) is 6.44. The number of methoxy groups -OCH3 is 1. The first-order chi connectivity index (χ1) is 15.2. The largest absolute Gasteiger partial charge is 0.497 e. The van der Waals surface area contributed by atoms with E-state index in [2.05, 4.69) is 5.32 Å². The van der Waals surface area contributed by atoms with Crippen molar-refractivity contribution in [3.63, 3.8) is 0 Å². The van der Waals surface area contributed by atoms with E-state index in [4.69, 9.17) is 10.5 Å². The van der Waals surface area contributed by atoms with E-state index in [1.807, 2.05) is 30.3 Å². The number of amides is 5. The minimum Gasteiger partial charge on any atom is -0.497 e. The number of carbonyl (C=O) groups is 4. The Morgan fingerprint density at radius 3 is 2.44 bits per heavy atom. The number of primary amides is 1. The first-order valence-corrected chi connectivity index (χ1v) is 10.5. The van der Waals surface area contributed by atoms with Crippen molar-refractivity contribution in [2.45, 2.75) is 25.3 Å². The molecule has 3 N–H and O–H groups in total. The second-order valence-corrected chi connectivity index (χ2v) is 8.43. The number of carbonyl (C=O) groups excluding carboxylic acids is 4. The molecule has 1 atom stereocenters. The summed E-state index contributed by atoms with van der Waals surface area (Å²) in [4.78, 5) is 52.4. The quantitative estimate of drug-likeness (QED) is 0.682. The highest BCUT2D eigenvalue weighted by atomic mass is 16.5. The van der Waals surface area contributed by atoms with Crippen molar-refractivity contribution in [1.82, 2.24) is 15.1 Å². The van der Waals surface area contributed by atoms with Gasteiger partial charge in [-0.25, -0.2) is 4.79 Å². The van der Waals surface area contributed by atoms with Gasteiger partial charge in [0.05, 0.1) is 7.11 Å². The molecule has 2 saturated heterocycles. The number of nitrogens with zero attached hydrogens (tertiary/aromatic N) is 2. The first-order valence-electron chi connectivity index (χ1n) is 10.5. The van der Waals surface area contributed by atoms with Crippen molar-refractivity contribution < 1.29 is 23.9 Å². The molecule has 1 unspecified atom stereocenters. The number of piperidine rings is 1. The summed E-state index contributed by atoms with van der Waals surface area (Å²) in [6.07, 6.45) is 0.974. The van der Waals surface area contributed by atoms with Crippen LogP contribution in [0.4, 0.5) is 4.79 Å². The van der Waals surface area contributed by atoms with Gasteiger partial charge in [0.25, 0.3) is 5.91 Å². The highest BCUT2D eigenvalue weighted by molar-refractivity contribution is 6.09. The van der Waals surface area contributed by atoms with Crippen LogP contribution in [-0.4, -0.2) is 60.3 Å². The molecule has 2 aliphatic rings. The van der Waals surface area contributed by atoms with Crippen LogP contribution in [0, 0.1) is 5.92 Å². The van der Waals surface area contributed by atoms with Gasteiger partial charge in [-0.05, 0) is 54.3 Å². The Bertz CT molecular complexity index is 1110. The molecule has 0 bridgehead atoms. The van der Waals surface area contributed by atoms with Crippen LogP contribution >= 0.6 is 0 Å². The Morgan fingerprint density at radius 2 is 1.78 bits per heavy atom. The number of fused-ring (bicyclic) bond motifs is 1. The third-order valence-corrected chi connectivity index (χ3v) is 6.44. The van der Waals surface area contributed by atoms with Gasteiger partial charge in [0.1, 0.15) is 17.8 Å². The van der Waals surface area contributed by atoms with E-state index in [0.717, 1.165) is 21.4 Å². The lowest BCUT2D eigenvalue weighted by Gasteiger charge is -2.31. The minimum atomic E-state index is -1.27. The summed E-state index contributed by atoms with van der Waals surface area (Å²) in [5, 5.41) is 4.59. The van der Waals surface area contributed by atoms with E-state index in [1.54, 1.807) is 25.0 Å². The second kappa shape index (κ2) is 8.14. The van der Waals surface area contributed by atoms with Gasteiger partial charge < -0.3 is 20.7 Å². The molecule has 9 heteroatoms. The fourth-order valence-electron chi connectivity index (χ4n) is 4.35. The van der Waals surface area contributed by atoms with E-state index < -0.39 is 17.5 Å². The molecule has 0 aliphatic carbocycles. The Kier molecular flexibility index (Phi) is 5.50. The summed E-state index contributed by atoms with van der Waals surface area (Å²) < 4.78 is 5.25. The summed E-state index contributed by atoms with van der Waals surface area (Å²) in [6, 6.07) is 10.5. The van der Waals surface area contributed by atoms with Crippen molar-refractivity contribution >= 4 is 34.5 Å². The maximum absolute atomic E-state index is 13.2. The molecule has 0 radical (unpaired) electrons. The zero-order valence-electron chi connectivity index (χ0n) is 18.1. The maximum atomic E-state index is 13.2. The van der Waals surface area contributed by atoms with E-state index in [-0.39, 0.29) is 24.3 Å². The molecule has 2 heterocycles. The SMILES string of the molecule is COc1ccc2cc(C3(C)NC(=O)N(CC(=O)N4CCC(C(N)=O)CC4)C3=O)ccc2c1. The highest BCUT2D eigenvalue weighted by Crippen LogP contribution is 2.32. The highest BCUT2D eigenvalue weighted by Gasteiger charge is 2.49. The lowest BCUT2D eigenvalue weighted by Crippen LogP contribution is -2.47. The van der Waals surface area contributed by atoms with Crippen LogP contribution in [0.25, 0.3) is 10.8 Å². The predicted octanol–water partition coefficient (Wildman–Crippen LogP) is 1.34. The summed E-state index contributed by atoms with van der Waals surface area (Å²) in [5.74, 6) is -0.684. The molecule has 5 amide bonds. The van der Waals surface area contributed by atoms with E-state index in [9.17, 15) is 19.2 Å². The number of imide groups is 1. The van der Waals surface area contributed by atoms with E-state index in [1.165, 1.54) is 0 Å². The second-order valence-electron chi connectivity index (χ2n) is 8.43. The van der Waals surface area contributed by atoms with Gasteiger partial charge in [-0.2, -0.15) is 0 Å². The molecule has 4 rings (SSSR count). The minimum absolute atomic E-state index is 0.244. The van der Waals surface area contributed by atoms with Gasteiger partial charge >= 0.3 is 6.03 Å².